The van der Waals surface area contributed by atoms with Crippen molar-refractivity contribution in [3.8, 4) is 11.5 Å². The second kappa shape index (κ2) is 5.21. The molecule has 0 radical (unpaired) electrons. The van der Waals surface area contributed by atoms with Gasteiger partial charge in [0.2, 0.25) is 6.79 Å². The number of hydrogen-bond acceptors (Lipinski definition) is 3. The number of carbonyl (C=O) groups is 1. The summed E-state index contributed by atoms with van der Waals surface area (Å²) >= 11 is 5.74. The molecule has 0 unspecified atom stereocenters. The third-order valence-corrected chi connectivity index (χ3v) is 3.20. The maximum Gasteiger partial charge on any atom is 0.257 e. The van der Waals surface area contributed by atoms with Gasteiger partial charge in [0.15, 0.2) is 23.1 Å². The number of benzene rings is 2. The van der Waals surface area contributed by atoms with Crippen LogP contribution in [0.5, 0.6) is 11.5 Å². The molecule has 0 saturated carbocycles. The smallest absolute Gasteiger partial charge is 0.257 e. The third kappa shape index (κ3) is 2.62. The van der Waals surface area contributed by atoms with Crippen molar-refractivity contribution in [2.24, 2.45) is 0 Å². The van der Waals surface area contributed by atoms with Gasteiger partial charge in [0, 0.05) is 11.8 Å². The summed E-state index contributed by atoms with van der Waals surface area (Å²) < 4.78 is 36.5. The summed E-state index contributed by atoms with van der Waals surface area (Å²) in [7, 11) is 0. The van der Waals surface area contributed by atoms with E-state index in [-0.39, 0.29) is 17.4 Å². The molecule has 2 aromatic rings. The Bertz CT molecular complexity index is 736. The predicted molar refractivity (Wildman–Crippen MR) is 71.9 cm³/mol. The number of rotatable bonds is 2. The van der Waals surface area contributed by atoms with Gasteiger partial charge in [0.25, 0.3) is 5.91 Å². The van der Waals surface area contributed by atoms with Gasteiger partial charge in [-0.05, 0) is 24.3 Å². The minimum atomic E-state index is -1.14. The monoisotopic (exact) mass is 311 g/mol. The van der Waals surface area contributed by atoms with Gasteiger partial charge in [-0.15, -0.1) is 0 Å². The maximum atomic E-state index is 13.2. The predicted octanol–water partition coefficient (Wildman–Crippen LogP) is 3.60. The first-order chi connectivity index (χ1) is 10.0. The first kappa shape index (κ1) is 13.6. The van der Waals surface area contributed by atoms with Crippen molar-refractivity contribution in [3.63, 3.8) is 0 Å². The van der Waals surface area contributed by atoms with E-state index >= 15 is 0 Å². The molecular weight excluding hydrogens is 304 g/mol. The lowest BCUT2D eigenvalue weighted by Crippen LogP contribution is -2.13. The van der Waals surface area contributed by atoms with Crippen LogP contribution in [-0.4, -0.2) is 12.7 Å². The molecular formula is C14H8ClF2NO3. The number of amides is 1. The van der Waals surface area contributed by atoms with Crippen LogP contribution in [0.2, 0.25) is 5.02 Å². The summed E-state index contributed by atoms with van der Waals surface area (Å²) in [5.41, 5.74) is 0.262. The zero-order valence-electron chi connectivity index (χ0n) is 10.5. The van der Waals surface area contributed by atoms with Crippen LogP contribution in [0, 0.1) is 11.6 Å². The molecule has 3 rings (SSSR count). The zero-order chi connectivity index (χ0) is 15.0. The van der Waals surface area contributed by atoms with Crippen molar-refractivity contribution in [1.82, 2.24) is 0 Å². The minimum absolute atomic E-state index is 0.113. The molecule has 21 heavy (non-hydrogen) atoms. The Morgan fingerprint density at radius 1 is 1.10 bits per heavy atom. The number of nitrogens with one attached hydrogen (secondary N) is 1. The summed E-state index contributed by atoms with van der Waals surface area (Å²) in [5, 5.41) is 2.35. The number of ether oxygens (including phenoxy) is 2. The van der Waals surface area contributed by atoms with Gasteiger partial charge < -0.3 is 14.8 Å². The molecule has 108 valence electrons. The van der Waals surface area contributed by atoms with E-state index in [1.165, 1.54) is 0 Å². The van der Waals surface area contributed by atoms with Gasteiger partial charge >= 0.3 is 0 Å². The van der Waals surface area contributed by atoms with Crippen molar-refractivity contribution in [2.45, 2.75) is 0 Å². The largest absolute Gasteiger partial charge is 0.454 e. The van der Waals surface area contributed by atoms with Gasteiger partial charge in [-0.1, -0.05) is 11.6 Å². The summed E-state index contributed by atoms with van der Waals surface area (Å²) in [5.74, 6) is -1.85. The molecule has 0 fully saturated rings. The SMILES string of the molecule is O=C(Nc1ccc2c(c1)OCO2)c1cc(F)c(F)cc1Cl. The first-order valence-corrected chi connectivity index (χ1v) is 6.28. The van der Waals surface area contributed by atoms with Crippen LogP contribution in [0.15, 0.2) is 30.3 Å². The minimum Gasteiger partial charge on any atom is -0.454 e. The van der Waals surface area contributed by atoms with E-state index in [0.29, 0.717) is 17.2 Å². The van der Waals surface area contributed by atoms with E-state index in [2.05, 4.69) is 5.32 Å². The average molecular weight is 312 g/mol. The summed E-state index contributed by atoms with van der Waals surface area (Å²) in [6, 6.07) is 6.30. The Kier molecular flexibility index (Phi) is 3.39. The molecule has 0 aliphatic carbocycles. The molecule has 0 atom stereocenters. The lowest BCUT2D eigenvalue weighted by atomic mass is 10.2. The van der Waals surface area contributed by atoms with Crippen LogP contribution in [-0.2, 0) is 0 Å². The van der Waals surface area contributed by atoms with Crippen molar-refractivity contribution >= 4 is 23.2 Å². The number of carbonyl (C=O) groups excluding carboxylic acids is 1. The van der Waals surface area contributed by atoms with Crippen LogP contribution in [0.4, 0.5) is 14.5 Å². The Morgan fingerprint density at radius 3 is 2.62 bits per heavy atom. The van der Waals surface area contributed by atoms with Crippen LogP contribution in [0.3, 0.4) is 0 Å². The molecule has 0 saturated heterocycles. The molecule has 7 heteroatoms. The number of anilines is 1. The highest BCUT2D eigenvalue weighted by molar-refractivity contribution is 6.34. The van der Waals surface area contributed by atoms with Crippen LogP contribution < -0.4 is 14.8 Å². The average Bonchev–Trinajstić information content (AvgIpc) is 2.90. The van der Waals surface area contributed by atoms with Gasteiger partial charge in [-0.2, -0.15) is 0 Å². The lowest BCUT2D eigenvalue weighted by Gasteiger charge is -2.08. The molecule has 4 nitrogen and oxygen atoms in total. The second-order valence-corrected chi connectivity index (χ2v) is 4.68. The molecule has 0 bridgehead atoms. The molecule has 2 aromatic carbocycles. The molecule has 0 spiro atoms. The highest BCUT2D eigenvalue weighted by atomic mass is 35.5. The van der Waals surface area contributed by atoms with E-state index in [4.69, 9.17) is 21.1 Å². The molecule has 1 aliphatic rings. The normalized spacial score (nSPS) is 12.3. The maximum absolute atomic E-state index is 13.2. The Morgan fingerprint density at radius 2 is 1.81 bits per heavy atom. The van der Waals surface area contributed by atoms with Gasteiger partial charge in [-0.25, -0.2) is 8.78 Å². The van der Waals surface area contributed by atoms with Gasteiger partial charge in [-0.3, -0.25) is 4.79 Å². The highest BCUT2D eigenvalue weighted by Gasteiger charge is 2.17. The molecule has 1 amide bonds. The Hall–Kier alpha value is -2.34. The summed E-state index contributed by atoms with van der Waals surface area (Å²) in [6.07, 6.45) is 0. The quantitative estimate of drug-likeness (QED) is 0.862. The molecule has 0 aromatic heterocycles. The van der Waals surface area contributed by atoms with E-state index in [0.717, 1.165) is 12.1 Å². The zero-order valence-corrected chi connectivity index (χ0v) is 11.2. The number of hydrogen-bond donors (Lipinski definition) is 1. The van der Waals surface area contributed by atoms with Crippen LogP contribution in [0.1, 0.15) is 10.4 Å². The standard InChI is InChI=1S/C14H8ClF2NO3/c15-9-5-11(17)10(16)4-8(9)14(19)18-7-1-2-12-13(3-7)21-6-20-12/h1-5H,6H2,(H,18,19). The van der Waals surface area contributed by atoms with Crippen molar-refractivity contribution in [2.75, 3.05) is 12.1 Å². The number of fused-ring (bicyclic) bond motifs is 1. The molecule has 1 aliphatic heterocycles. The van der Waals surface area contributed by atoms with E-state index < -0.39 is 17.5 Å². The fraction of sp³-hybridized carbons (Fsp3) is 0.0714. The van der Waals surface area contributed by atoms with Crippen molar-refractivity contribution in [3.05, 3.63) is 52.6 Å². The molecule has 1 N–H and O–H groups in total. The van der Waals surface area contributed by atoms with Crippen molar-refractivity contribution in [1.29, 1.82) is 0 Å². The van der Waals surface area contributed by atoms with Crippen molar-refractivity contribution < 1.29 is 23.0 Å². The summed E-state index contributed by atoms with van der Waals surface area (Å²) in [4.78, 5) is 12.0. The number of halogens is 3. The fourth-order valence-electron chi connectivity index (χ4n) is 1.87. The Labute approximate surface area is 123 Å². The van der Waals surface area contributed by atoms with E-state index in [1.54, 1.807) is 18.2 Å². The van der Waals surface area contributed by atoms with Gasteiger partial charge in [0.1, 0.15) is 0 Å². The first-order valence-electron chi connectivity index (χ1n) is 5.90. The third-order valence-electron chi connectivity index (χ3n) is 2.89. The lowest BCUT2D eigenvalue weighted by molar-refractivity contribution is 0.102. The second-order valence-electron chi connectivity index (χ2n) is 4.27. The highest BCUT2D eigenvalue weighted by Crippen LogP contribution is 2.34. The molecule has 1 heterocycles. The van der Waals surface area contributed by atoms with E-state index in [9.17, 15) is 13.6 Å². The van der Waals surface area contributed by atoms with Gasteiger partial charge in [0.05, 0.1) is 10.6 Å². The Balaban J connectivity index is 1.85. The fourth-order valence-corrected chi connectivity index (χ4v) is 2.11. The van der Waals surface area contributed by atoms with E-state index in [1.807, 2.05) is 0 Å². The van der Waals surface area contributed by atoms with Crippen LogP contribution >= 0.6 is 11.6 Å². The topological polar surface area (TPSA) is 47.6 Å². The summed E-state index contributed by atoms with van der Waals surface area (Å²) in [6.45, 7) is 0.113. The van der Waals surface area contributed by atoms with Crippen LogP contribution in [0.25, 0.3) is 0 Å².